The van der Waals surface area contributed by atoms with Crippen LogP contribution in [0.15, 0.2) is 70.5 Å². The van der Waals surface area contributed by atoms with E-state index in [2.05, 4.69) is 0 Å². The fourth-order valence-corrected chi connectivity index (χ4v) is 4.87. The maximum atomic E-state index is 13.1. The average molecular weight is 415 g/mol. The molecule has 1 aromatic heterocycles. The van der Waals surface area contributed by atoms with Crippen LogP contribution in [0.5, 0.6) is 0 Å². The molecule has 152 valence electrons. The van der Waals surface area contributed by atoms with Crippen molar-refractivity contribution in [3.63, 3.8) is 0 Å². The van der Waals surface area contributed by atoms with Crippen LogP contribution in [-0.4, -0.2) is 35.3 Å². The van der Waals surface area contributed by atoms with Gasteiger partial charge in [-0.05, 0) is 30.0 Å². The lowest BCUT2D eigenvalue weighted by atomic mass is 10.2. The molecule has 0 N–H and O–H groups in total. The summed E-state index contributed by atoms with van der Waals surface area (Å²) < 4.78 is 28.9. The van der Waals surface area contributed by atoms with Crippen molar-refractivity contribution in [3.8, 4) is 0 Å². The lowest BCUT2D eigenvalue weighted by molar-refractivity contribution is -0.387. The van der Waals surface area contributed by atoms with Gasteiger partial charge in [0.1, 0.15) is 0 Å². The minimum atomic E-state index is -4.09. The Morgan fingerprint density at radius 1 is 1.03 bits per heavy atom. The second kappa shape index (κ2) is 8.54. The molecular formula is C20H21N3O5S. The molecule has 8 nitrogen and oxygen atoms in total. The predicted octanol–water partition coefficient (Wildman–Crippen LogP) is 3.01. The Kier molecular flexibility index (Phi) is 6.09. The fourth-order valence-electron chi connectivity index (χ4n) is 3.19. The van der Waals surface area contributed by atoms with Gasteiger partial charge in [-0.2, -0.15) is 4.31 Å². The summed E-state index contributed by atoms with van der Waals surface area (Å²) in [6, 6.07) is 14.3. The van der Waals surface area contributed by atoms with Crippen LogP contribution in [0.25, 0.3) is 10.8 Å². The van der Waals surface area contributed by atoms with Gasteiger partial charge in [-0.1, -0.05) is 37.3 Å². The molecule has 0 amide bonds. The lowest BCUT2D eigenvalue weighted by Gasteiger charge is -2.22. The summed E-state index contributed by atoms with van der Waals surface area (Å²) in [5.41, 5.74) is -0.667. The lowest BCUT2D eigenvalue weighted by Crippen LogP contribution is -2.36. The molecule has 3 rings (SSSR count). The van der Waals surface area contributed by atoms with Gasteiger partial charge in [-0.25, -0.2) is 8.42 Å². The highest BCUT2D eigenvalue weighted by Gasteiger charge is 2.30. The first-order chi connectivity index (χ1) is 13.9. The number of hydrogen-bond donors (Lipinski definition) is 0. The van der Waals surface area contributed by atoms with Crippen LogP contribution in [-0.2, 0) is 16.6 Å². The zero-order chi connectivity index (χ0) is 21.0. The van der Waals surface area contributed by atoms with Gasteiger partial charge >= 0.3 is 0 Å². The first-order valence-electron chi connectivity index (χ1n) is 9.18. The number of nitro benzene ring substituents is 1. The van der Waals surface area contributed by atoms with E-state index in [-0.39, 0.29) is 30.1 Å². The van der Waals surface area contributed by atoms with Crippen LogP contribution in [0.3, 0.4) is 0 Å². The number of aromatic nitrogens is 1. The maximum Gasteiger partial charge on any atom is 0.289 e. The molecule has 0 saturated heterocycles. The largest absolute Gasteiger partial charge is 0.314 e. The molecule has 0 saturated carbocycles. The van der Waals surface area contributed by atoms with Gasteiger partial charge in [0.25, 0.3) is 11.2 Å². The third kappa shape index (κ3) is 4.20. The number of fused-ring (bicyclic) bond motifs is 1. The Morgan fingerprint density at radius 3 is 2.45 bits per heavy atom. The number of rotatable bonds is 8. The van der Waals surface area contributed by atoms with Crippen LogP contribution in [0, 0.1) is 10.1 Å². The van der Waals surface area contributed by atoms with Gasteiger partial charge in [0.2, 0.25) is 10.0 Å². The number of benzene rings is 2. The molecule has 9 heteroatoms. The Morgan fingerprint density at radius 2 is 1.72 bits per heavy atom. The third-order valence-corrected chi connectivity index (χ3v) is 6.58. The standard InChI is InChI=1S/C20H21N3O5S/c1-2-12-22(29(27,28)19-10-6-5-9-18(19)23(25)26)15-14-21-13-11-16-7-3-4-8-17(16)20(21)24/h3-11,13H,2,12,14-15H2,1H3. The summed E-state index contributed by atoms with van der Waals surface area (Å²) in [6.07, 6.45) is 2.17. The molecule has 1 heterocycles. The van der Waals surface area contributed by atoms with Gasteiger partial charge in [0, 0.05) is 37.3 Å². The Balaban J connectivity index is 1.92. The van der Waals surface area contributed by atoms with E-state index in [1.54, 1.807) is 24.4 Å². The molecule has 2 aromatic carbocycles. The number of para-hydroxylation sites is 1. The zero-order valence-corrected chi connectivity index (χ0v) is 16.7. The average Bonchev–Trinajstić information content (AvgIpc) is 2.72. The van der Waals surface area contributed by atoms with Crippen molar-refractivity contribution in [2.75, 3.05) is 13.1 Å². The van der Waals surface area contributed by atoms with E-state index >= 15 is 0 Å². The number of sulfonamides is 1. The molecule has 0 fully saturated rings. The third-order valence-electron chi connectivity index (χ3n) is 4.63. The zero-order valence-electron chi connectivity index (χ0n) is 15.9. The van der Waals surface area contributed by atoms with Crippen molar-refractivity contribution in [3.05, 3.63) is 81.3 Å². The SMILES string of the molecule is CCCN(CCn1ccc2ccccc2c1=O)S(=O)(=O)c1ccccc1[N+](=O)[O-]. The molecule has 0 aliphatic carbocycles. The summed E-state index contributed by atoms with van der Waals surface area (Å²) in [5, 5.41) is 12.6. The minimum absolute atomic E-state index is 0.0282. The molecule has 29 heavy (non-hydrogen) atoms. The highest BCUT2D eigenvalue weighted by Crippen LogP contribution is 2.26. The topological polar surface area (TPSA) is 103 Å². The van der Waals surface area contributed by atoms with Crippen molar-refractivity contribution in [1.29, 1.82) is 0 Å². The Bertz CT molecular complexity index is 1200. The quantitative estimate of drug-likeness (QED) is 0.416. The molecule has 0 bridgehead atoms. The Hall–Kier alpha value is -3.04. The maximum absolute atomic E-state index is 13.1. The van der Waals surface area contributed by atoms with Crippen LogP contribution >= 0.6 is 0 Å². The van der Waals surface area contributed by atoms with Crippen molar-refractivity contribution in [2.24, 2.45) is 0 Å². The minimum Gasteiger partial charge on any atom is -0.314 e. The van der Waals surface area contributed by atoms with E-state index in [0.717, 1.165) is 5.39 Å². The molecular weight excluding hydrogens is 394 g/mol. The molecule has 3 aromatic rings. The first kappa shape index (κ1) is 20.7. The smallest absolute Gasteiger partial charge is 0.289 e. The van der Waals surface area contributed by atoms with Crippen LogP contribution < -0.4 is 5.56 Å². The van der Waals surface area contributed by atoms with Crippen LogP contribution in [0.4, 0.5) is 5.69 Å². The van der Waals surface area contributed by atoms with Gasteiger partial charge in [-0.3, -0.25) is 14.9 Å². The van der Waals surface area contributed by atoms with Crippen molar-refractivity contribution < 1.29 is 13.3 Å². The summed E-state index contributed by atoms with van der Waals surface area (Å²) >= 11 is 0. The summed E-state index contributed by atoms with van der Waals surface area (Å²) in [4.78, 5) is 22.9. The molecule has 0 unspecified atom stereocenters. The highest BCUT2D eigenvalue weighted by molar-refractivity contribution is 7.89. The van der Waals surface area contributed by atoms with E-state index < -0.39 is 20.6 Å². The van der Waals surface area contributed by atoms with E-state index in [1.165, 1.54) is 33.1 Å². The van der Waals surface area contributed by atoms with Crippen molar-refractivity contribution in [2.45, 2.75) is 24.8 Å². The fraction of sp³-hybridized carbons (Fsp3) is 0.250. The van der Waals surface area contributed by atoms with Gasteiger partial charge in [0.15, 0.2) is 4.90 Å². The number of nitrogens with zero attached hydrogens (tertiary/aromatic N) is 3. The summed E-state index contributed by atoms with van der Waals surface area (Å²) in [5.74, 6) is 0. The van der Waals surface area contributed by atoms with E-state index in [9.17, 15) is 23.3 Å². The second-order valence-corrected chi connectivity index (χ2v) is 8.44. The van der Waals surface area contributed by atoms with E-state index in [0.29, 0.717) is 11.8 Å². The Labute approximate surface area is 168 Å². The van der Waals surface area contributed by atoms with E-state index in [4.69, 9.17) is 0 Å². The highest BCUT2D eigenvalue weighted by atomic mass is 32.2. The van der Waals surface area contributed by atoms with Crippen molar-refractivity contribution in [1.82, 2.24) is 8.87 Å². The van der Waals surface area contributed by atoms with E-state index in [1.807, 2.05) is 19.1 Å². The van der Waals surface area contributed by atoms with Gasteiger partial charge in [0.05, 0.1) is 4.92 Å². The normalized spacial score (nSPS) is 11.8. The predicted molar refractivity (Wildman–Crippen MR) is 110 cm³/mol. The van der Waals surface area contributed by atoms with Crippen LogP contribution in [0.1, 0.15) is 13.3 Å². The monoisotopic (exact) mass is 415 g/mol. The van der Waals surface area contributed by atoms with Crippen LogP contribution in [0.2, 0.25) is 0 Å². The molecule has 0 aliphatic rings. The van der Waals surface area contributed by atoms with Crippen molar-refractivity contribution >= 4 is 26.5 Å². The molecule has 0 aliphatic heterocycles. The number of pyridine rings is 1. The first-order valence-corrected chi connectivity index (χ1v) is 10.6. The molecule has 0 atom stereocenters. The second-order valence-electron chi connectivity index (χ2n) is 6.53. The number of nitro groups is 1. The molecule has 0 spiro atoms. The summed E-state index contributed by atoms with van der Waals surface area (Å²) in [6.45, 7) is 2.19. The number of hydrogen-bond acceptors (Lipinski definition) is 5. The van der Waals surface area contributed by atoms with Gasteiger partial charge in [-0.15, -0.1) is 0 Å². The summed E-state index contributed by atoms with van der Waals surface area (Å²) in [7, 11) is -4.09. The molecule has 0 radical (unpaired) electrons. The van der Waals surface area contributed by atoms with Gasteiger partial charge < -0.3 is 4.57 Å².